The van der Waals surface area contributed by atoms with Gasteiger partial charge in [-0.2, -0.15) is 10.2 Å². The maximum Gasteiger partial charge on any atom is 0.259 e. The Hall–Kier alpha value is -1.85. The number of rotatable bonds is 2. The topological polar surface area (TPSA) is 96.2 Å². The fraction of sp³-hybridized carbons (Fsp3) is 0. The number of nitrogens with one attached hydrogen (secondary N) is 2. The lowest BCUT2D eigenvalue weighted by Crippen LogP contribution is -2.21. The van der Waals surface area contributed by atoms with E-state index in [1.54, 1.807) is 0 Å². The Balaban J connectivity index is 2.56. The van der Waals surface area contributed by atoms with Crippen LogP contribution in [0.3, 0.4) is 0 Å². The molecule has 1 amide bonds. The average Bonchev–Trinajstić information content (AvgIpc) is 2.52. The van der Waals surface area contributed by atoms with Crippen molar-refractivity contribution in [3.8, 4) is 0 Å². The van der Waals surface area contributed by atoms with E-state index in [0.717, 1.165) is 6.34 Å². The standard InChI is InChI=1S/C5H7N5O/c6-8-3-7-5(11)4-1-9-10-2-4/h1-3H,6H2,(H,9,10)(H,7,8,11). The highest BCUT2D eigenvalue weighted by Crippen LogP contribution is 1.90. The van der Waals surface area contributed by atoms with Crippen LogP contribution in [-0.2, 0) is 0 Å². The zero-order valence-corrected chi connectivity index (χ0v) is 5.61. The van der Waals surface area contributed by atoms with Gasteiger partial charge in [-0.3, -0.25) is 9.89 Å². The molecule has 0 radical (unpaired) electrons. The molecule has 6 nitrogen and oxygen atoms in total. The molecule has 1 rings (SSSR count). The number of aromatic nitrogens is 2. The predicted octanol–water partition coefficient (Wildman–Crippen LogP) is -0.959. The van der Waals surface area contributed by atoms with Gasteiger partial charge in [0, 0.05) is 6.20 Å². The molecular formula is C5H7N5O. The molecule has 0 aliphatic heterocycles. The number of amides is 1. The van der Waals surface area contributed by atoms with Crippen LogP contribution < -0.4 is 11.2 Å². The number of carbonyl (C=O) groups is 1. The Kier molecular flexibility index (Phi) is 2.21. The summed E-state index contributed by atoms with van der Waals surface area (Å²) in [6.07, 6.45) is 3.98. The second-order valence-corrected chi connectivity index (χ2v) is 1.74. The summed E-state index contributed by atoms with van der Waals surface area (Å²) in [7, 11) is 0. The summed E-state index contributed by atoms with van der Waals surface area (Å²) in [4.78, 5) is 10.9. The van der Waals surface area contributed by atoms with Crippen molar-refractivity contribution in [3.05, 3.63) is 18.0 Å². The van der Waals surface area contributed by atoms with Gasteiger partial charge in [-0.15, -0.1) is 0 Å². The summed E-state index contributed by atoms with van der Waals surface area (Å²) in [5.74, 6) is 4.46. The smallest absolute Gasteiger partial charge is 0.259 e. The summed E-state index contributed by atoms with van der Waals surface area (Å²) in [5.41, 5.74) is 0.435. The number of hydrogen-bond donors (Lipinski definition) is 3. The third-order valence-corrected chi connectivity index (χ3v) is 1.03. The Morgan fingerprint density at radius 2 is 2.73 bits per heavy atom. The highest BCUT2D eigenvalue weighted by Gasteiger charge is 2.02. The van der Waals surface area contributed by atoms with Crippen LogP contribution in [-0.4, -0.2) is 22.4 Å². The number of H-pyrrole nitrogens is 1. The second-order valence-electron chi connectivity index (χ2n) is 1.74. The van der Waals surface area contributed by atoms with Crippen molar-refractivity contribution in [2.75, 3.05) is 0 Å². The third kappa shape index (κ3) is 1.78. The molecule has 0 unspecified atom stereocenters. The highest BCUT2D eigenvalue weighted by molar-refractivity contribution is 6.00. The Morgan fingerprint density at radius 3 is 3.27 bits per heavy atom. The van der Waals surface area contributed by atoms with E-state index in [-0.39, 0.29) is 5.91 Å². The van der Waals surface area contributed by atoms with E-state index in [9.17, 15) is 4.79 Å². The molecule has 1 aromatic heterocycles. The van der Waals surface area contributed by atoms with Crippen molar-refractivity contribution in [2.45, 2.75) is 0 Å². The summed E-state index contributed by atoms with van der Waals surface area (Å²) in [5, 5.41) is 11.5. The first kappa shape index (κ1) is 7.26. The molecule has 1 aromatic rings. The molecule has 0 aliphatic rings. The van der Waals surface area contributed by atoms with Gasteiger partial charge in [0.05, 0.1) is 11.8 Å². The van der Waals surface area contributed by atoms with E-state index in [1.807, 2.05) is 0 Å². The quantitative estimate of drug-likeness (QED) is 0.221. The molecule has 4 N–H and O–H groups in total. The van der Waals surface area contributed by atoms with E-state index >= 15 is 0 Å². The molecule has 0 aromatic carbocycles. The van der Waals surface area contributed by atoms with Crippen LogP contribution in [0, 0.1) is 0 Å². The van der Waals surface area contributed by atoms with Crippen LogP contribution in [0.1, 0.15) is 10.4 Å². The van der Waals surface area contributed by atoms with Gasteiger partial charge in [0.15, 0.2) is 0 Å². The SMILES string of the molecule is NN=CNC(=O)c1cn[nH]c1. The molecule has 0 aliphatic carbocycles. The zero-order chi connectivity index (χ0) is 8.10. The van der Waals surface area contributed by atoms with Crippen molar-refractivity contribution in [1.29, 1.82) is 0 Å². The number of nitrogens with zero attached hydrogens (tertiary/aromatic N) is 2. The summed E-state index contributed by atoms with van der Waals surface area (Å²) in [6, 6.07) is 0. The summed E-state index contributed by atoms with van der Waals surface area (Å²) < 4.78 is 0. The van der Waals surface area contributed by atoms with Gasteiger partial charge < -0.3 is 11.2 Å². The molecule has 11 heavy (non-hydrogen) atoms. The van der Waals surface area contributed by atoms with Gasteiger partial charge in [0.25, 0.3) is 5.91 Å². The average molecular weight is 153 g/mol. The summed E-state index contributed by atoms with van der Waals surface area (Å²) in [6.45, 7) is 0. The van der Waals surface area contributed by atoms with Gasteiger partial charge in [-0.25, -0.2) is 0 Å². The molecule has 0 spiro atoms. The fourth-order valence-electron chi connectivity index (χ4n) is 0.554. The van der Waals surface area contributed by atoms with Crippen LogP contribution in [0.5, 0.6) is 0 Å². The van der Waals surface area contributed by atoms with Crippen molar-refractivity contribution >= 4 is 12.2 Å². The molecule has 1 heterocycles. The number of nitrogens with two attached hydrogens (primary N) is 1. The molecule has 58 valence electrons. The van der Waals surface area contributed by atoms with Gasteiger partial charge in [-0.1, -0.05) is 0 Å². The van der Waals surface area contributed by atoms with Gasteiger partial charge in [0.1, 0.15) is 6.34 Å². The van der Waals surface area contributed by atoms with Crippen LogP contribution >= 0.6 is 0 Å². The third-order valence-electron chi connectivity index (χ3n) is 1.03. The lowest BCUT2D eigenvalue weighted by atomic mass is 10.3. The first-order chi connectivity index (χ1) is 5.34. The normalized spacial score (nSPS) is 10.2. The van der Waals surface area contributed by atoms with Crippen LogP contribution in [0.25, 0.3) is 0 Å². The molecule has 0 saturated heterocycles. The van der Waals surface area contributed by atoms with E-state index in [4.69, 9.17) is 5.84 Å². The van der Waals surface area contributed by atoms with Gasteiger partial charge >= 0.3 is 0 Å². The highest BCUT2D eigenvalue weighted by atomic mass is 16.1. The molecule has 0 bridgehead atoms. The fourth-order valence-corrected chi connectivity index (χ4v) is 0.554. The van der Waals surface area contributed by atoms with E-state index in [1.165, 1.54) is 12.4 Å². The Bertz CT molecular complexity index is 252. The van der Waals surface area contributed by atoms with E-state index in [0.29, 0.717) is 5.56 Å². The molecule has 6 heteroatoms. The number of aromatic amines is 1. The van der Waals surface area contributed by atoms with E-state index < -0.39 is 0 Å². The molecule has 0 atom stereocenters. The van der Waals surface area contributed by atoms with Gasteiger partial charge in [0.2, 0.25) is 0 Å². The molecule has 0 fully saturated rings. The molecule has 0 saturated carbocycles. The van der Waals surface area contributed by atoms with Crippen molar-refractivity contribution < 1.29 is 4.79 Å². The zero-order valence-electron chi connectivity index (χ0n) is 5.61. The Morgan fingerprint density at radius 1 is 1.91 bits per heavy atom. The van der Waals surface area contributed by atoms with Crippen molar-refractivity contribution in [3.63, 3.8) is 0 Å². The van der Waals surface area contributed by atoms with Crippen molar-refractivity contribution in [1.82, 2.24) is 15.5 Å². The lowest BCUT2D eigenvalue weighted by molar-refractivity contribution is 0.0978. The van der Waals surface area contributed by atoms with Crippen LogP contribution in [0.4, 0.5) is 0 Å². The number of hydrazone groups is 1. The largest absolute Gasteiger partial charge is 0.322 e. The first-order valence-corrected chi connectivity index (χ1v) is 2.86. The van der Waals surface area contributed by atoms with Crippen LogP contribution in [0.2, 0.25) is 0 Å². The monoisotopic (exact) mass is 153 g/mol. The minimum Gasteiger partial charge on any atom is -0.322 e. The van der Waals surface area contributed by atoms with Crippen LogP contribution in [0.15, 0.2) is 17.5 Å². The number of carbonyl (C=O) groups excluding carboxylic acids is 1. The lowest BCUT2D eigenvalue weighted by Gasteiger charge is -1.91. The Labute approximate surface area is 62.5 Å². The van der Waals surface area contributed by atoms with Gasteiger partial charge in [-0.05, 0) is 0 Å². The van der Waals surface area contributed by atoms with E-state index in [2.05, 4.69) is 20.6 Å². The number of hydrogen-bond acceptors (Lipinski definition) is 4. The first-order valence-electron chi connectivity index (χ1n) is 2.86. The second kappa shape index (κ2) is 3.35. The predicted molar refractivity (Wildman–Crippen MR) is 38.7 cm³/mol. The minimum absolute atomic E-state index is 0.298. The maximum absolute atomic E-state index is 10.9. The minimum atomic E-state index is -0.298. The summed E-state index contributed by atoms with van der Waals surface area (Å²) >= 11 is 0. The maximum atomic E-state index is 10.9. The van der Waals surface area contributed by atoms with Crippen molar-refractivity contribution in [2.24, 2.45) is 10.9 Å². The molecular weight excluding hydrogens is 146 g/mol.